The van der Waals surface area contributed by atoms with E-state index in [4.69, 9.17) is 4.42 Å². The van der Waals surface area contributed by atoms with Gasteiger partial charge in [0.25, 0.3) is 6.01 Å². The first-order valence-corrected chi connectivity index (χ1v) is 11.0. The highest BCUT2D eigenvalue weighted by Gasteiger charge is 2.28. The van der Waals surface area contributed by atoms with Crippen LogP contribution in [0.5, 0.6) is 0 Å². The van der Waals surface area contributed by atoms with Crippen LogP contribution >= 0.6 is 0 Å². The quantitative estimate of drug-likeness (QED) is 0.450. The van der Waals surface area contributed by atoms with E-state index in [-0.39, 0.29) is 11.8 Å². The number of benzene rings is 3. The van der Waals surface area contributed by atoms with Gasteiger partial charge in [-0.3, -0.25) is 15.2 Å². The molecular weight excluding hydrogens is 400 g/mol. The number of fused-ring (bicyclic) bond motifs is 1. The van der Waals surface area contributed by atoms with Crippen molar-refractivity contribution in [1.82, 2.24) is 10.4 Å². The van der Waals surface area contributed by atoms with Crippen molar-refractivity contribution in [3.8, 4) is 0 Å². The maximum Gasteiger partial charge on any atom is 0.298 e. The van der Waals surface area contributed by atoms with Crippen LogP contribution in [0, 0.1) is 5.92 Å². The fraction of sp³-hybridized carbons (Fsp3) is 0.231. The highest BCUT2D eigenvalue weighted by Crippen LogP contribution is 2.26. The SMILES string of the molecule is O=C(NN(Cc1ccccc1)c1ccccc1)C1CCN(c2nc3ccccc3o2)CC1. The lowest BCUT2D eigenvalue weighted by Crippen LogP contribution is -2.47. The van der Waals surface area contributed by atoms with Gasteiger partial charge in [0.1, 0.15) is 5.52 Å². The molecule has 1 saturated heterocycles. The maximum atomic E-state index is 13.1. The Balaban J connectivity index is 1.24. The molecule has 0 aliphatic carbocycles. The Labute approximate surface area is 187 Å². The molecule has 2 heterocycles. The largest absolute Gasteiger partial charge is 0.423 e. The molecule has 1 aliphatic heterocycles. The zero-order valence-electron chi connectivity index (χ0n) is 17.9. The van der Waals surface area contributed by atoms with Gasteiger partial charge < -0.3 is 9.32 Å². The molecule has 0 unspecified atom stereocenters. The summed E-state index contributed by atoms with van der Waals surface area (Å²) in [5.41, 5.74) is 6.93. The number of aromatic nitrogens is 1. The van der Waals surface area contributed by atoms with E-state index in [0.29, 0.717) is 12.6 Å². The minimum absolute atomic E-state index is 0.0439. The van der Waals surface area contributed by atoms with Crippen LogP contribution in [-0.4, -0.2) is 24.0 Å². The van der Waals surface area contributed by atoms with Crippen LogP contribution < -0.4 is 15.3 Å². The van der Waals surface area contributed by atoms with E-state index in [2.05, 4.69) is 27.4 Å². The molecule has 1 fully saturated rings. The molecule has 4 aromatic rings. The normalized spacial score (nSPS) is 14.4. The van der Waals surface area contributed by atoms with E-state index in [9.17, 15) is 4.79 Å². The molecule has 0 atom stereocenters. The number of hydrazine groups is 1. The molecule has 1 amide bonds. The molecule has 162 valence electrons. The number of carbonyl (C=O) groups excluding carboxylic acids is 1. The van der Waals surface area contributed by atoms with Gasteiger partial charge in [-0.25, -0.2) is 0 Å². The minimum atomic E-state index is -0.0439. The number of para-hydroxylation sites is 3. The highest BCUT2D eigenvalue weighted by molar-refractivity contribution is 5.81. The van der Waals surface area contributed by atoms with Crippen molar-refractivity contribution >= 4 is 28.7 Å². The van der Waals surface area contributed by atoms with Crippen LogP contribution in [0.4, 0.5) is 11.7 Å². The predicted molar refractivity (Wildman–Crippen MR) is 126 cm³/mol. The molecule has 1 N–H and O–H groups in total. The zero-order valence-corrected chi connectivity index (χ0v) is 17.9. The maximum absolute atomic E-state index is 13.1. The standard InChI is InChI=1S/C26H26N4O2/c31-25(28-30(22-11-5-2-6-12-22)19-20-9-3-1-4-10-20)21-15-17-29(18-16-21)26-27-23-13-7-8-14-24(23)32-26/h1-14,21H,15-19H2,(H,28,31). The van der Waals surface area contributed by atoms with Crippen molar-refractivity contribution < 1.29 is 9.21 Å². The molecule has 3 aromatic carbocycles. The molecule has 1 aromatic heterocycles. The summed E-state index contributed by atoms with van der Waals surface area (Å²) < 4.78 is 5.90. The van der Waals surface area contributed by atoms with Crippen molar-refractivity contribution in [2.75, 3.05) is 23.0 Å². The second kappa shape index (κ2) is 9.14. The Hall–Kier alpha value is -3.80. The van der Waals surface area contributed by atoms with E-state index < -0.39 is 0 Å². The summed E-state index contributed by atoms with van der Waals surface area (Å²) >= 11 is 0. The lowest BCUT2D eigenvalue weighted by Gasteiger charge is -2.32. The topological polar surface area (TPSA) is 61.6 Å². The minimum Gasteiger partial charge on any atom is -0.423 e. The smallest absolute Gasteiger partial charge is 0.298 e. The van der Waals surface area contributed by atoms with Crippen molar-refractivity contribution in [1.29, 1.82) is 0 Å². The lowest BCUT2D eigenvalue weighted by molar-refractivity contribution is -0.125. The predicted octanol–water partition coefficient (Wildman–Crippen LogP) is 4.78. The number of hydrogen-bond donors (Lipinski definition) is 1. The van der Waals surface area contributed by atoms with Crippen LogP contribution in [-0.2, 0) is 11.3 Å². The highest BCUT2D eigenvalue weighted by atomic mass is 16.4. The van der Waals surface area contributed by atoms with Crippen LogP contribution in [0.2, 0.25) is 0 Å². The van der Waals surface area contributed by atoms with E-state index in [1.807, 2.05) is 77.8 Å². The molecule has 0 spiro atoms. The summed E-state index contributed by atoms with van der Waals surface area (Å²) in [4.78, 5) is 19.9. The Morgan fingerprint density at radius 2 is 1.59 bits per heavy atom. The second-order valence-corrected chi connectivity index (χ2v) is 8.11. The zero-order chi connectivity index (χ0) is 21.8. The summed E-state index contributed by atoms with van der Waals surface area (Å²) in [5.74, 6) is 0.0135. The molecule has 6 heteroatoms. The lowest BCUT2D eigenvalue weighted by atomic mass is 9.96. The third-order valence-electron chi connectivity index (χ3n) is 5.92. The fourth-order valence-electron chi connectivity index (χ4n) is 4.12. The van der Waals surface area contributed by atoms with Gasteiger partial charge in [0, 0.05) is 19.0 Å². The first-order valence-electron chi connectivity index (χ1n) is 11.0. The van der Waals surface area contributed by atoms with Gasteiger partial charge in [-0.05, 0) is 42.7 Å². The van der Waals surface area contributed by atoms with Gasteiger partial charge in [0.05, 0.1) is 12.2 Å². The third-order valence-corrected chi connectivity index (χ3v) is 5.92. The average Bonchev–Trinajstić information content (AvgIpc) is 3.29. The summed E-state index contributed by atoms with van der Waals surface area (Å²) in [6.45, 7) is 2.10. The van der Waals surface area contributed by atoms with Crippen molar-refractivity contribution in [3.63, 3.8) is 0 Å². The monoisotopic (exact) mass is 426 g/mol. The van der Waals surface area contributed by atoms with Gasteiger partial charge in [-0.1, -0.05) is 60.7 Å². The number of oxazole rings is 1. The average molecular weight is 427 g/mol. The Morgan fingerprint density at radius 3 is 2.31 bits per heavy atom. The van der Waals surface area contributed by atoms with E-state index in [1.54, 1.807) is 0 Å². The Bertz CT molecular complexity index is 1140. The summed E-state index contributed by atoms with van der Waals surface area (Å²) in [7, 11) is 0. The third kappa shape index (κ3) is 4.44. The second-order valence-electron chi connectivity index (χ2n) is 8.11. The van der Waals surface area contributed by atoms with Gasteiger partial charge >= 0.3 is 0 Å². The number of anilines is 2. The summed E-state index contributed by atoms with van der Waals surface area (Å²) in [6.07, 6.45) is 1.52. The van der Waals surface area contributed by atoms with Crippen molar-refractivity contribution in [2.24, 2.45) is 5.92 Å². The number of nitrogens with one attached hydrogen (secondary N) is 1. The molecule has 0 bridgehead atoms. The van der Waals surface area contributed by atoms with E-state index in [1.165, 1.54) is 0 Å². The van der Waals surface area contributed by atoms with Crippen LogP contribution in [0.1, 0.15) is 18.4 Å². The van der Waals surface area contributed by atoms with Gasteiger partial charge in [-0.15, -0.1) is 0 Å². The number of amides is 1. The molecule has 0 radical (unpaired) electrons. The number of nitrogens with zero attached hydrogens (tertiary/aromatic N) is 3. The van der Waals surface area contributed by atoms with Gasteiger partial charge in [0.2, 0.25) is 5.91 Å². The molecule has 5 rings (SSSR count). The summed E-state index contributed by atoms with van der Waals surface area (Å²) in [5, 5.41) is 1.94. The Kier molecular flexibility index (Phi) is 5.75. The van der Waals surface area contributed by atoms with Gasteiger partial charge in [0.15, 0.2) is 5.58 Å². The fourth-order valence-corrected chi connectivity index (χ4v) is 4.12. The number of hydrogen-bond acceptors (Lipinski definition) is 5. The van der Waals surface area contributed by atoms with E-state index >= 15 is 0 Å². The van der Waals surface area contributed by atoms with E-state index in [0.717, 1.165) is 48.3 Å². The molecule has 6 nitrogen and oxygen atoms in total. The number of carbonyl (C=O) groups is 1. The molecule has 32 heavy (non-hydrogen) atoms. The summed E-state index contributed by atoms with van der Waals surface area (Å²) in [6, 6.07) is 28.6. The number of piperidine rings is 1. The Morgan fingerprint density at radius 1 is 0.938 bits per heavy atom. The van der Waals surface area contributed by atoms with Crippen molar-refractivity contribution in [2.45, 2.75) is 19.4 Å². The molecule has 1 aliphatic rings. The van der Waals surface area contributed by atoms with Crippen molar-refractivity contribution in [3.05, 3.63) is 90.5 Å². The van der Waals surface area contributed by atoms with Crippen LogP contribution in [0.25, 0.3) is 11.1 Å². The molecular formula is C26H26N4O2. The van der Waals surface area contributed by atoms with Crippen LogP contribution in [0.3, 0.4) is 0 Å². The van der Waals surface area contributed by atoms with Gasteiger partial charge in [-0.2, -0.15) is 4.98 Å². The van der Waals surface area contributed by atoms with Crippen LogP contribution in [0.15, 0.2) is 89.3 Å². The first-order chi connectivity index (χ1) is 15.8. The first kappa shape index (κ1) is 20.1. The number of rotatable bonds is 6. The molecule has 0 saturated carbocycles.